The Morgan fingerprint density at radius 3 is 2.23 bits per heavy atom. The quantitative estimate of drug-likeness (QED) is 0.668. The van der Waals surface area contributed by atoms with Crippen LogP contribution in [0.4, 0.5) is 0 Å². The zero-order valence-corrected chi connectivity index (χ0v) is 9.42. The van der Waals surface area contributed by atoms with Crippen LogP contribution in [0.2, 0.25) is 0 Å². The average molecular weight is 185 g/mol. The molecule has 1 rings (SSSR count). The summed E-state index contributed by atoms with van der Waals surface area (Å²) in [5, 5.41) is 0. The molecule has 1 aliphatic rings. The summed E-state index contributed by atoms with van der Waals surface area (Å²) in [4.78, 5) is 2.53. The molecule has 0 saturated carbocycles. The first-order valence-electron chi connectivity index (χ1n) is 5.45. The van der Waals surface area contributed by atoms with Gasteiger partial charge in [-0.05, 0) is 32.7 Å². The molecule has 0 amide bonds. The number of hydrogen-bond acceptors (Lipinski definition) is 2. The van der Waals surface area contributed by atoms with Crippen molar-refractivity contribution >= 4 is 0 Å². The minimum atomic E-state index is 0.413. The number of ether oxygens (including phenoxy) is 1. The number of rotatable bonds is 3. The van der Waals surface area contributed by atoms with Crippen LogP contribution >= 0.6 is 0 Å². The van der Waals surface area contributed by atoms with Crippen LogP contribution < -0.4 is 0 Å². The molecule has 0 spiro atoms. The van der Waals surface area contributed by atoms with Crippen molar-refractivity contribution in [3.63, 3.8) is 0 Å². The highest BCUT2D eigenvalue weighted by atomic mass is 16.5. The second-order valence-corrected chi connectivity index (χ2v) is 4.70. The Morgan fingerprint density at radius 2 is 1.77 bits per heavy atom. The van der Waals surface area contributed by atoms with Crippen LogP contribution in [0.25, 0.3) is 0 Å². The molecule has 1 aliphatic heterocycles. The third kappa shape index (κ3) is 4.10. The summed E-state index contributed by atoms with van der Waals surface area (Å²) in [7, 11) is 0. The first kappa shape index (κ1) is 11.0. The van der Waals surface area contributed by atoms with E-state index >= 15 is 0 Å². The van der Waals surface area contributed by atoms with Crippen molar-refractivity contribution in [2.75, 3.05) is 19.6 Å². The molecule has 1 saturated heterocycles. The molecule has 2 nitrogen and oxygen atoms in total. The maximum atomic E-state index is 5.68. The normalized spacial score (nSPS) is 31.2. The van der Waals surface area contributed by atoms with E-state index in [0.29, 0.717) is 12.2 Å². The molecular weight excluding hydrogens is 162 g/mol. The molecule has 1 heterocycles. The number of nitrogens with zero attached hydrogens (tertiary/aromatic N) is 1. The van der Waals surface area contributed by atoms with Crippen molar-refractivity contribution in [3.8, 4) is 0 Å². The zero-order valence-electron chi connectivity index (χ0n) is 9.42. The first-order valence-corrected chi connectivity index (χ1v) is 5.45. The molecule has 2 atom stereocenters. The fourth-order valence-electron chi connectivity index (χ4n) is 1.91. The summed E-state index contributed by atoms with van der Waals surface area (Å²) in [6, 6.07) is 0. The minimum Gasteiger partial charge on any atom is -0.373 e. The highest BCUT2D eigenvalue weighted by Crippen LogP contribution is 2.12. The van der Waals surface area contributed by atoms with E-state index in [2.05, 4.69) is 32.6 Å². The molecule has 0 radical (unpaired) electrons. The largest absolute Gasteiger partial charge is 0.373 e. The Morgan fingerprint density at radius 1 is 1.23 bits per heavy atom. The maximum Gasteiger partial charge on any atom is 0.0678 e. The molecule has 0 aromatic rings. The predicted octanol–water partition coefficient (Wildman–Crippen LogP) is 2.14. The van der Waals surface area contributed by atoms with Crippen LogP contribution in [0, 0.1) is 5.92 Å². The SMILES string of the molecule is CC(C)CCN1C[C@@H](C)O[C@@H](C)C1. The van der Waals surface area contributed by atoms with Gasteiger partial charge in [-0.15, -0.1) is 0 Å². The Balaban J connectivity index is 2.25. The molecule has 0 aromatic heterocycles. The van der Waals surface area contributed by atoms with Gasteiger partial charge in [-0.25, -0.2) is 0 Å². The van der Waals surface area contributed by atoms with Crippen molar-refractivity contribution in [1.29, 1.82) is 0 Å². The van der Waals surface area contributed by atoms with Crippen LogP contribution in [0.3, 0.4) is 0 Å². The van der Waals surface area contributed by atoms with Crippen molar-refractivity contribution in [1.82, 2.24) is 4.90 Å². The first-order chi connectivity index (χ1) is 6.08. The van der Waals surface area contributed by atoms with E-state index in [-0.39, 0.29) is 0 Å². The standard InChI is InChI=1S/C11H23NO/c1-9(2)5-6-12-7-10(3)13-11(4)8-12/h9-11H,5-8H2,1-4H3/t10-,11+. The van der Waals surface area contributed by atoms with Gasteiger partial charge in [0.25, 0.3) is 0 Å². The van der Waals surface area contributed by atoms with Gasteiger partial charge in [-0.3, -0.25) is 4.90 Å². The van der Waals surface area contributed by atoms with E-state index in [1.165, 1.54) is 13.0 Å². The molecule has 0 N–H and O–H groups in total. The van der Waals surface area contributed by atoms with Crippen LogP contribution in [0.15, 0.2) is 0 Å². The molecule has 2 heteroatoms. The molecule has 0 aromatic carbocycles. The molecule has 13 heavy (non-hydrogen) atoms. The lowest BCUT2D eigenvalue weighted by atomic mass is 10.1. The van der Waals surface area contributed by atoms with Crippen molar-refractivity contribution in [3.05, 3.63) is 0 Å². The van der Waals surface area contributed by atoms with Gasteiger partial charge in [0.1, 0.15) is 0 Å². The monoisotopic (exact) mass is 185 g/mol. The topological polar surface area (TPSA) is 12.5 Å². The molecule has 0 bridgehead atoms. The Bertz CT molecular complexity index is 137. The van der Waals surface area contributed by atoms with Gasteiger partial charge in [0, 0.05) is 13.1 Å². The van der Waals surface area contributed by atoms with Crippen LogP contribution in [-0.4, -0.2) is 36.7 Å². The van der Waals surface area contributed by atoms with Gasteiger partial charge in [0.15, 0.2) is 0 Å². The highest BCUT2D eigenvalue weighted by molar-refractivity contribution is 4.73. The summed E-state index contributed by atoms with van der Waals surface area (Å²) in [6.45, 7) is 12.3. The fraction of sp³-hybridized carbons (Fsp3) is 1.00. The molecule has 0 aliphatic carbocycles. The molecule has 0 unspecified atom stereocenters. The second-order valence-electron chi connectivity index (χ2n) is 4.70. The van der Waals surface area contributed by atoms with E-state index in [4.69, 9.17) is 4.74 Å². The molecular formula is C11H23NO. The smallest absolute Gasteiger partial charge is 0.0678 e. The van der Waals surface area contributed by atoms with Gasteiger partial charge in [0.2, 0.25) is 0 Å². The maximum absolute atomic E-state index is 5.68. The van der Waals surface area contributed by atoms with Crippen molar-refractivity contribution < 1.29 is 4.74 Å². The van der Waals surface area contributed by atoms with E-state index in [1.54, 1.807) is 0 Å². The summed E-state index contributed by atoms with van der Waals surface area (Å²) < 4.78 is 5.68. The van der Waals surface area contributed by atoms with Gasteiger partial charge in [-0.1, -0.05) is 13.8 Å². The van der Waals surface area contributed by atoms with Gasteiger partial charge >= 0.3 is 0 Å². The lowest BCUT2D eigenvalue weighted by Gasteiger charge is -2.35. The fourth-order valence-corrected chi connectivity index (χ4v) is 1.91. The highest BCUT2D eigenvalue weighted by Gasteiger charge is 2.21. The zero-order chi connectivity index (χ0) is 9.84. The van der Waals surface area contributed by atoms with E-state index < -0.39 is 0 Å². The van der Waals surface area contributed by atoms with Crippen molar-refractivity contribution in [2.45, 2.75) is 46.3 Å². The summed E-state index contributed by atoms with van der Waals surface area (Å²) in [6.07, 6.45) is 2.13. The lowest BCUT2D eigenvalue weighted by molar-refractivity contribution is -0.0687. The number of hydrogen-bond donors (Lipinski definition) is 0. The second kappa shape index (κ2) is 4.97. The third-order valence-electron chi connectivity index (χ3n) is 2.52. The summed E-state index contributed by atoms with van der Waals surface area (Å²) in [5.74, 6) is 0.813. The predicted molar refractivity (Wildman–Crippen MR) is 55.9 cm³/mol. The van der Waals surface area contributed by atoms with E-state index in [0.717, 1.165) is 19.0 Å². The summed E-state index contributed by atoms with van der Waals surface area (Å²) in [5.41, 5.74) is 0. The molecule has 1 fully saturated rings. The Hall–Kier alpha value is -0.0800. The van der Waals surface area contributed by atoms with E-state index in [9.17, 15) is 0 Å². The number of morpholine rings is 1. The van der Waals surface area contributed by atoms with Crippen LogP contribution in [0.5, 0.6) is 0 Å². The van der Waals surface area contributed by atoms with Gasteiger partial charge in [-0.2, -0.15) is 0 Å². The average Bonchev–Trinajstić information content (AvgIpc) is 1.99. The van der Waals surface area contributed by atoms with Gasteiger partial charge < -0.3 is 4.74 Å². The molecule has 78 valence electrons. The minimum absolute atomic E-state index is 0.413. The van der Waals surface area contributed by atoms with E-state index in [1.807, 2.05) is 0 Å². The summed E-state index contributed by atoms with van der Waals surface area (Å²) >= 11 is 0. The Kier molecular flexibility index (Phi) is 4.20. The van der Waals surface area contributed by atoms with Crippen molar-refractivity contribution in [2.24, 2.45) is 5.92 Å². The van der Waals surface area contributed by atoms with Crippen LogP contribution in [0.1, 0.15) is 34.1 Å². The van der Waals surface area contributed by atoms with Crippen LogP contribution in [-0.2, 0) is 4.74 Å². The lowest BCUT2D eigenvalue weighted by Crippen LogP contribution is -2.45. The van der Waals surface area contributed by atoms with Gasteiger partial charge in [0.05, 0.1) is 12.2 Å². The third-order valence-corrected chi connectivity index (χ3v) is 2.52. The Labute approximate surface area is 82.3 Å².